The van der Waals surface area contributed by atoms with E-state index in [4.69, 9.17) is 0 Å². The molecule has 2 fully saturated rings. The van der Waals surface area contributed by atoms with E-state index in [1.165, 1.54) is 75.8 Å². The van der Waals surface area contributed by atoms with Crippen LogP contribution in [-0.2, 0) is 13.1 Å². The van der Waals surface area contributed by atoms with E-state index >= 15 is 0 Å². The highest BCUT2D eigenvalue weighted by molar-refractivity contribution is 6.08. The van der Waals surface area contributed by atoms with Crippen molar-refractivity contribution < 1.29 is 4.79 Å². The highest BCUT2D eigenvalue weighted by atomic mass is 16.1. The predicted octanol–water partition coefficient (Wildman–Crippen LogP) is 4.89. The first-order chi connectivity index (χ1) is 13.8. The number of ketones is 1. The number of nitrogens with zero attached hydrogens (tertiary/aromatic N) is 2. The molecule has 2 heterocycles. The van der Waals surface area contributed by atoms with Crippen molar-refractivity contribution in [3.8, 4) is 0 Å². The average Bonchev–Trinajstić information content (AvgIpc) is 2.76. The Morgan fingerprint density at radius 3 is 1.29 bits per heavy atom. The molecule has 0 N–H and O–H groups in total. The summed E-state index contributed by atoms with van der Waals surface area (Å²) >= 11 is 0. The Kier molecular flexibility index (Phi) is 6.56. The van der Waals surface area contributed by atoms with Crippen LogP contribution < -0.4 is 0 Å². The second-order valence-electron chi connectivity index (χ2n) is 8.40. The molecule has 0 unspecified atom stereocenters. The molecule has 0 amide bonds. The van der Waals surface area contributed by atoms with Crippen LogP contribution in [-0.4, -0.2) is 41.8 Å². The lowest BCUT2D eigenvalue weighted by atomic mass is 10.00. The lowest BCUT2D eigenvalue weighted by Crippen LogP contribution is -2.29. The summed E-state index contributed by atoms with van der Waals surface area (Å²) in [5.41, 5.74) is 4.17. The lowest BCUT2D eigenvalue weighted by Gasteiger charge is -2.26. The molecule has 0 spiro atoms. The minimum Gasteiger partial charge on any atom is -0.299 e. The summed E-state index contributed by atoms with van der Waals surface area (Å²) in [7, 11) is 0. The van der Waals surface area contributed by atoms with Crippen molar-refractivity contribution in [3.05, 3.63) is 70.8 Å². The van der Waals surface area contributed by atoms with Crippen LogP contribution in [0.3, 0.4) is 0 Å². The second kappa shape index (κ2) is 9.49. The van der Waals surface area contributed by atoms with E-state index in [2.05, 4.69) is 34.1 Å². The highest BCUT2D eigenvalue weighted by Crippen LogP contribution is 2.17. The Morgan fingerprint density at radius 2 is 0.929 bits per heavy atom. The van der Waals surface area contributed by atoms with Crippen LogP contribution in [0.25, 0.3) is 0 Å². The summed E-state index contributed by atoms with van der Waals surface area (Å²) in [5, 5.41) is 0. The number of piperidine rings is 2. The summed E-state index contributed by atoms with van der Waals surface area (Å²) in [4.78, 5) is 17.9. The van der Waals surface area contributed by atoms with Crippen molar-refractivity contribution in [1.29, 1.82) is 0 Å². The van der Waals surface area contributed by atoms with Crippen molar-refractivity contribution in [2.24, 2.45) is 0 Å². The smallest absolute Gasteiger partial charge is 0.193 e. The SMILES string of the molecule is O=C(c1ccc(CN2CCCCC2)cc1)c1ccc(CN2CCCCC2)cc1. The molecule has 2 aromatic carbocycles. The van der Waals surface area contributed by atoms with Gasteiger partial charge in [-0.25, -0.2) is 0 Å². The maximum absolute atomic E-state index is 12.8. The van der Waals surface area contributed by atoms with E-state index in [9.17, 15) is 4.79 Å². The van der Waals surface area contributed by atoms with Crippen LogP contribution in [0.2, 0.25) is 0 Å². The molecule has 0 atom stereocenters. The molecule has 0 aromatic heterocycles. The third-order valence-corrected chi connectivity index (χ3v) is 6.14. The zero-order valence-corrected chi connectivity index (χ0v) is 16.9. The van der Waals surface area contributed by atoms with Gasteiger partial charge in [-0.2, -0.15) is 0 Å². The standard InChI is InChI=1S/C25H32N2O/c28-25(23-11-7-21(8-12-23)19-26-15-3-1-4-16-26)24-13-9-22(10-14-24)20-27-17-5-2-6-18-27/h7-14H,1-6,15-20H2. The zero-order valence-electron chi connectivity index (χ0n) is 16.9. The minimum atomic E-state index is 0.119. The third-order valence-electron chi connectivity index (χ3n) is 6.14. The molecule has 3 nitrogen and oxygen atoms in total. The van der Waals surface area contributed by atoms with Gasteiger partial charge in [0.25, 0.3) is 0 Å². The van der Waals surface area contributed by atoms with Crippen LogP contribution in [0.4, 0.5) is 0 Å². The van der Waals surface area contributed by atoms with Crippen LogP contribution in [0.15, 0.2) is 48.5 Å². The van der Waals surface area contributed by atoms with Gasteiger partial charge in [-0.15, -0.1) is 0 Å². The number of hydrogen-bond donors (Lipinski definition) is 0. The fourth-order valence-corrected chi connectivity index (χ4v) is 4.44. The van der Waals surface area contributed by atoms with E-state index in [0.717, 1.165) is 24.2 Å². The zero-order chi connectivity index (χ0) is 19.2. The Labute approximate surface area is 169 Å². The second-order valence-corrected chi connectivity index (χ2v) is 8.40. The van der Waals surface area contributed by atoms with Gasteiger partial charge in [0.1, 0.15) is 0 Å². The van der Waals surface area contributed by atoms with Crippen LogP contribution >= 0.6 is 0 Å². The van der Waals surface area contributed by atoms with Gasteiger partial charge < -0.3 is 0 Å². The summed E-state index contributed by atoms with van der Waals surface area (Å²) in [6.45, 7) is 6.79. The van der Waals surface area contributed by atoms with Gasteiger partial charge >= 0.3 is 0 Å². The van der Waals surface area contributed by atoms with E-state index in [1.807, 2.05) is 24.3 Å². The molecule has 0 radical (unpaired) electrons. The number of likely N-dealkylation sites (tertiary alicyclic amines) is 2. The molecule has 0 aliphatic carbocycles. The molecule has 28 heavy (non-hydrogen) atoms. The summed E-state index contributed by atoms with van der Waals surface area (Å²) < 4.78 is 0. The van der Waals surface area contributed by atoms with Crippen molar-refractivity contribution >= 4 is 5.78 Å². The van der Waals surface area contributed by atoms with E-state index in [-0.39, 0.29) is 5.78 Å². The van der Waals surface area contributed by atoms with Gasteiger partial charge in [0, 0.05) is 24.2 Å². The lowest BCUT2D eigenvalue weighted by molar-refractivity contribution is 0.103. The quantitative estimate of drug-likeness (QED) is 0.671. The largest absolute Gasteiger partial charge is 0.299 e. The molecular formula is C25H32N2O. The average molecular weight is 377 g/mol. The van der Waals surface area contributed by atoms with E-state index in [0.29, 0.717) is 0 Å². The van der Waals surface area contributed by atoms with Gasteiger partial charge in [-0.3, -0.25) is 14.6 Å². The van der Waals surface area contributed by atoms with Gasteiger partial charge in [-0.1, -0.05) is 61.4 Å². The summed E-state index contributed by atoms with van der Waals surface area (Å²) in [5.74, 6) is 0.119. The first-order valence-electron chi connectivity index (χ1n) is 11.0. The number of carbonyl (C=O) groups is 1. The molecule has 0 bridgehead atoms. The molecule has 148 valence electrons. The topological polar surface area (TPSA) is 23.6 Å². The molecule has 4 rings (SSSR count). The molecule has 3 heteroatoms. The maximum atomic E-state index is 12.8. The molecule has 2 saturated heterocycles. The van der Waals surface area contributed by atoms with Gasteiger partial charge in [0.2, 0.25) is 0 Å². The van der Waals surface area contributed by atoms with Crippen molar-refractivity contribution in [1.82, 2.24) is 9.80 Å². The normalized spacial score (nSPS) is 18.9. The van der Waals surface area contributed by atoms with Crippen molar-refractivity contribution in [3.63, 3.8) is 0 Å². The molecule has 2 aromatic rings. The maximum Gasteiger partial charge on any atom is 0.193 e. The van der Waals surface area contributed by atoms with E-state index < -0.39 is 0 Å². The predicted molar refractivity (Wildman–Crippen MR) is 115 cm³/mol. The minimum absolute atomic E-state index is 0.119. The highest BCUT2D eigenvalue weighted by Gasteiger charge is 2.13. The van der Waals surface area contributed by atoms with Crippen molar-refractivity contribution in [2.75, 3.05) is 26.2 Å². The Bertz CT molecular complexity index is 689. The van der Waals surface area contributed by atoms with Crippen molar-refractivity contribution in [2.45, 2.75) is 51.6 Å². The van der Waals surface area contributed by atoms with Gasteiger partial charge in [-0.05, 0) is 63.0 Å². The Balaban J connectivity index is 1.35. The molecule has 2 aliphatic rings. The molecular weight excluding hydrogens is 344 g/mol. The molecule has 2 aliphatic heterocycles. The Morgan fingerprint density at radius 1 is 0.571 bits per heavy atom. The number of rotatable bonds is 6. The van der Waals surface area contributed by atoms with Gasteiger partial charge in [0.15, 0.2) is 5.78 Å². The first-order valence-corrected chi connectivity index (χ1v) is 11.0. The third kappa shape index (κ3) is 5.09. The van der Waals surface area contributed by atoms with Crippen LogP contribution in [0.5, 0.6) is 0 Å². The Hall–Kier alpha value is -1.97. The van der Waals surface area contributed by atoms with E-state index in [1.54, 1.807) is 0 Å². The fourth-order valence-electron chi connectivity index (χ4n) is 4.44. The van der Waals surface area contributed by atoms with Crippen LogP contribution in [0, 0.1) is 0 Å². The summed E-state index contributed by atoms with van der Waals surface area (Å²) in [6.07, 6.45) is 7.96. The number of benzene rings is 2. The number of carbonyl (C=O) groups excluding carboxylic acids is 1. The van der Waals surface area contributed by atoms with Gasteiger partial charge in [0.05, 0.1) is 0 Å². The summed E-state index contributed by atoms with van der Waals surface area (Å²) in [6, 6.07) is 16.4. The fraction of sp³-hybridized carbons (Fsp3) is 0.480. The monoisotopic (exact) mass is 376 g/mol. The van der Waals surface area contributed by atoms with Crippen LogP contribution in [0.1, 0.15) is 65.6 Å². The molecule has 0 saturated carbocycles. The first kappa shape index (κ1) is 19.4. The number of hydrogen-bond acceptors (Lipinski definition) is 3.